The van der Waals surface area contributed by atoms with Gasteiger partial charge in [-0.15, -0.1) is 0 Å². The van der Waals surface area contributed by atoms with Crippen molar-refractivity contribution < 1.29 is 18.0 Å². The van der Waals surface area contributed by atoms with Gasteiger partial charge in [-0.2, -0.15) is 0 Å². The first-order valence-electron chi connectivity index (χ1n) is 10.8. The molecule has 0 aliphatic carbocycles. The summed E-state index contributed by atoms with van der Waals surface area (Å²) < 4.78 is 26.0. The van der Waals surface area contributed by atoms with Gasteiger partial charge in [-0.05, 0) is 51.0 Å². The number of benzene rings is 2. The summed E-state index contributed by atoms with van der Waals surface area (Å²) in [5.41, 5.74) is 2.19. The summed E-state index contributed by atoms with van der Waals surface area (Å²) in [4.78, 5) is 27.7. The number of hydrogen-bond acceptors (Lipinski definition) is 4. The number of carbonyl (C=O) groups is 2. The summed E-state index contributed by atoms with van der Waals surface area (Å²) in [6, 6.07) is 13.1. The van der Waals surface area contributed by atoms with Gasteiger partial charge >= 0.3 is 0 Å². The minimum absolute atomic E-state index is 0.0461. The van der Waals surface area contributed by atoms with E-state index in [0.29, 0.717) is 5.02 Å². The molecule has 180 valence electrons. The highest BCUT2D eigenvalue weighted by Gasteiger charge is 2.30. The number of sulfonamides is 1. The molecule has 2 amide bonds. The van der Waals surface area contributed by atoms with E-state index in [9.17, 15) is 18.0 Å². The predicted octanol–water partition coefficient (Wildman–Crippen LogP) is 3.75. The summed E-state index contributed by atoms with van der Waals surface area (Å²) in [6.45, 7) is 7.17. The molecule has 33 heavy (non-hydrogen) atoms. The molecule has 0 heterocycles. The second kappa shape index (κ2) is 11.5. The van der Waals surface area contributed by atoms with Gasteiger partial charge < -0.3 is 10.2 Å². The van der Waals surface area contributed by atoms with E-state index in [1.165, 1.54) is 11.0 Å². The van der Waals surface area contributed by atoms with E-state index in [2.05, 4.69) is 5.32 Å². The van der Waals surface area contributed by atoms with E-state index < -0.39 is 28.5 Å². The lowest BCUT2D eigenvalue weighted by Crippen LogP contribution is -2.52. The lowest BCUT2D eigenvalue weighted by Gasteiger charge is -2.32. The Hall–Kier alpha value is -2.58. The summed E-state index contributed by atoms with van der Waals surface area (Å²) in [7, 11) is -3.78. The van der Waals surface area contributed by atoms with Crippen LogP contribution in [0.3, 0.4) is 0 Å². The molecule has 7 nitrogen and oxygen atoms in total. The van der Waals surface area contributed by atoms with Gasteiger partial charge in [0.2, 0.25) is 21.8 Å². The van der Waals surface area contributed by atoms with Gasteiger partial charge in [-0.25, -0.2) is 8.42 Å². The Kier molecular flexibility index (Phi) is 9.31. The summed E-state index contributed by atoms with van der Waals surface area (Å²) in [6.07, 6.45) is 1.78. The Morgan fingerprint density at radius 1 is 1.09 bits per heavy atom. The van der Waals surface area contributed by atoms with Crippen molar-refractivity contribution in [1.82, 2.24) is 10.2 Å². The van der Waals surface area contributed by atoms with Crippen LogP contribution in [0.2, 0.25) is 5.02 Å². The van der Waals surface area contributed by atoms with Gasteiger partial charge in [0.15, 0.2) is 0 Å². The second-order valence-electron chi connectivity index (χ2n) is 8.25. The Bertz CT molecular complexity index is 1070. The van der Waals surface area contributed by atoms with E-state index in [0.717, 1.165) is 28.1 Å². The Labute approximate surface area is 201 Å². The van der Waals surface area contributed by atoms with E-state index >= 15 is 0 Å². The molecule has 2 atom stereocenters. The number of nitrogens with zero attached hydrogens (tertiary/aromatic N) is 2. The van der Waals surface area contributed by atoms with Crippen molar-refractivity contribution >= 4 is 39.1 Å². The molecular formula is C24H32ClN3O4S. The monoisotopic (exact) mass is 493 g/mol. The Morgan fingerprint density at radius 2 is 1.73 bits per heavy atom. The third kappa shape index (κ3) is 7.75. The van der Waals surface area contributed by atoms with E-state index in [4.69, 9.17) is 11.6 Å². The third-order valence-corrected chi connectivity index (χ3v) is 6.79. The Morgan fingerprint density at radius 3 is 2.27 bits per heavy atom. The maximum Gasteiger partial charge on any atom is 0.244 e. The lowest BCUT2D eigenvalue weighted by molar-refractivity contribution is -0.139. The van der Waals surface area contributed by atoms with Gasteiger partial charge in [-0.1, -0.05) is 54.4 Å². The molecule has 0 saturated carbocycles. The van der Waals surface area contributed by atoms with E-state index in [1.807, 2.05) is 45.0 Å². The molecule has 0 aliphatic heterocycles. The molecule has 0 aliphatic rings. The Balaban J connectivity index is 2.37. The molecule has 0 unspecified atom stereocenters. The average molecular weight is 494 g/mol. The molecular weight excluding hydrogens is 462 g/mol. The van der Waals surface area contributed by atoms with Crippen molar-refractivity contribution in [2.75, 3.05) is 17.1 Å². The highest BCUT2D eigenvalue weighted by Crippen LogP contribution is 2.22. The van der Waals surface area contributed by atoms with Crippen molar-refractivity contribution in [3.8, 4) is 0 Å². The summed E-state index contributed by atoms with van der Waals surface area (Å²) in [5, 5.41) is 3.25. The van der Waals surface area contributed by atoms with Crippen LogP contribution in [0.1, 0.15) is 38.3 Å². The summed E-state index contributed by atoms with van der Waals surface area (Å²) in [5.74, 6) is -0.786. The van der Waals surface area contributed by atoms with Crippen LogP contribution in [0.5, 0.6) is 0 Å². The van der Waals surface area contributed by atoms with E-state index in [1.54, 1.807) is 25.1 Å². The quantitative estimate of drug-likeness (QED) is 0.546. The van der Waals surface area contributed by atoms with Crippen LogP contribution < -0.4 is 9.62 Å². The number of aryl methyl sites for hydroxylation is 1. The molecule has 2 aromatic rings. The fraction of sp³-hybridized carbons (Fsp3) is 0.417. The number of hydrogen-bond donors (Lipinski definition) is 1. The van der Waals surface area contributed by atoms with Crippen molar-refractivity contribution in [2.24, 2.45) is 0 Å². The van der Waals surface area contributed by atoms with Crippen LogP contribution in [-0.4, -0.2) is 50.0 Å². The minimum atomic E-state index is -3.78. The lowest BCUT2D eigenvalue weighted by atomic mass is 10.1. The third-order valence-electron chi connectivity index (χ3n) is 5.42. The fourth-order valence-electron chi connectivity index (χ4n) is 3.18. The standard InChI is InChI=1S/C24H32ClN3O4S/c1-6-18(3)26-24(30)19(4)27(15-20-12-10-17(2)11-13-20)23(29)16-28(33(5,31)32)22-9-7-8-21(25)14-22/h7-14,18-19H,6,15-16H2,1-5H3,(H,26,30)/t18-,19-/m0/s1. The predicted molar refractivity (Wildman–Crippen MR) is 133 cm³/mol. The normalized spacial score (nSPS) is 13.2. The zero-order valence-electron chi connectivity index (χ0n) is 19.7. The van der Waals surface area contributed by atoms with Gasteiger partial charge in [0, 0.05) is 17.6 Å². The SMILES string of the molecule is CC[C@H](C)NC(=O)[C@H](C)N(Cc1ccc(C)cc1)C(=O)CN(c1cccc(Cl)c1)S(C)(=O)=O. The second-order valence-corrected chi connectivity index (χ2v) is 10.6. The molecule has 2 aromatic carbocycles. The largest absolute Gasteiger partial charge is 0.352 e. The molecule has 0 aromatic heterocycles. The van der Waals surface area contributed by atoms with Gasteiger partial charge in [0.05, 0.1) is 11.9 Å². The smallest absolute Gasteiger partial charge is 0.244 e. The first-order valence-corrected chi connectivity index (χ1v) is 13.0. The number of nitrogens with one attached hydrogen (secondary N) is 1. The molecule has 1 N–H and O–H groups in total. The number of rotatable bonds is 10. The number of carbonyl (C=O) groups excluding carboxylic acids is 2. The highest BCUT2D eigenvalue weighted by atomic mass is 35.5. The zero-order chi connectivity index (χ0) is 24.8. The molecule has 0 saturated heterocycles. The zero-order valence-corrected chi connectivity index (χ0v) is 21.3. The van der Waals surface area contributed by atoms with Crippen LogP contribution >= 0.6 is 11.6 Å². The van der Waals surface area contributed by atoms with Crippen LogP contribution in [0.4, 0.5) is 5.69 Å². The molecule has 2 rings (SSSR count). The van der Waals surface area contributed by atoms with Crippen LogP contribution in [0, 0.1) is 6.92 Å². The number of amides is 2. The van der Waals surface area contributed by atoms with Crippen LogP contribution in [0.25, 0.3) is 0 Å². The van der Waals surface area contributed by atoms with Gasteiger partial charge in [0.1, 0.15) is 12.6 Å². The maximum atomic E-state index is 13.4. The van der Waals surface area contributed by atoms with Gasteiger partial charge in [-0.3, -0.25) is 13.9 Å². The fourth-order valence-corrected chi connectivity index (χ4v) is 4.21. The number of halogens is 1. The minimum Gasteiger partial charge on any atom is -0.352 e. The molecule has 0 bridgehead atoms. The topological polar surface area (TPSA) is 86.8 Å². The maximum absolute atomic E-state index is 13.4. The first kappa shape index (κ1) is 26.7. The molecule has 0 radical (unpaired) electrons. The van der Waals surface area contributed by atoms with Crippen molar-refractivity contribution in [3.63, 3.8) is 0 Å². The van der Waals surface area contributed by atoms with Crippen molar-refractivity contribution in [1.29, 1.82) is 0 Å². The highest BCUT2D eigenvalue weighted by molar-refractivity contribution is 7.92. The first-order chi connectivity index (χ1) is 15.4. The van der Waals surface area contributed by atoms with Gasteiger partial charge in [0.25, 0.3) is 0 Å². The van der Waals surface area contributed by atoms with Crippen LogP contribution in [0.15, 0.2) is 48.5 Å². The number of anilines is 1. The molecule has 0 fully saturated rings. The van der Waals surface area contributed by atoms with Crippen LogP contribution in [-0.2, 0) is 26.2 Å². The summed E-state index contributed by atoms with van der Waals surface area (Å²) >= 11 is 6.04. The van der Waals surface area contributed by atoms with Crippen molar-refractivity contribution in [2.45, 2.75) is 52.7 Å². The van der Waals surface area contributed by atoms with Crippen molar-refractivity contribution in [3.05, 3.63) is 64.7 Å². The average Bonchev–Trinajstić information content (AvgIpc) is 2.75. The molecule has 9 heteroatoms. The molecule has 0 spiro atoms. The van der Waals surface area contributed by atoms with E-state index in [-0.39, 0.29) is 24.2 Å².